The number of benzene rings is 2. The topological polar surface area (TPSA) is 108 Å². The third-order valence-corrected chi connectivity index (χ3v) is 8.25. The second-order valence-electron chi connectivity index (χ2n) is 6.83. The van der Waals surface area contributed by atoms with E-state index in [2.05, 4.69) is 15.0 Å². The average molecular weight is 551 g/mol. The summed E-state index contributed by atoms with van der Waals surface area (Å²) in [7, 11) is -3.80. The number of amides is 2. The van der Waals surface area contributed by atoms with Crippen molar-refractivity contribution in [3.63, 3.8) is 0 Å². The van der Waals surface area contributed by atoms with Crippen LogP contribution >= 0.6 is 46.9 Å². The summed E-state index contributed by atoms with van der Waals surface area (Å²) in [4.78, 5) is 30.8. The molecule has 34 heavy (non-hydrogen) atoms. The third-order valence-electron chi connectivity index (χ3n) is 4.45. The van der Waals surface area contributed by atoms with Crippen molar-refractivity contribution in [1.82, 2.24) is 9.88 Å². The minimum Gasteiger partial charge on any atom is -0.325 e. The van der Waals surface area contributed by atoms with E-state index < -0.39 is 15.9 Å². The minimum atomic E-state index is -3.80. The fourth-order valence-corrected chi connectivity index (χ4v) is 6.03. The van der Waals surface area contributed by atoms with Gasteiger partial charge in [-0.3, -0.25) is 19.2 Å². The number of sulfonamides is 1. The average Bonchev–Trinajstić information content (AvgIpc) is 3.39. The number of hydrogen-bond donors (Lipinski definition) is 2. The van der Waals surface area contributed by atoms with Crippen LogP contribution in [0.1, 0.15) is 5.56 Å². The SMILES string of the molecule is O=C(CN1C(=O)/C(=C/c2ccc(Cl)cc2)SC1=S)Nc1ccc(S(=O)(=O)Nc2nccs2)cc1. The van der Waals surface area contributed by atoms with E-state index in [9.17, 15) is 18.0 Å². The molecule has 2 heterocycles. The summed E-state index contributed by atoms with van der Waals surface area (Å²) in [6.45, 7) is -0.270. The lowest BCUT2D eigenvalue weighted by Gasteiger charge is -2.14. The van der Waals surface area contributed by atoms with Crippen LogP contribution < -0.4 is 10.0 Å². The number of thiocarbonyl (C=S) groups is 1. The van der Waals surface area contributed by atoms with Gasteiger partial charge in [-0.25, -0.2) is 13.4 Å². The molecular formula is C21H15ClN4O4S4. The Morgan fingerprint density at radius 3 is 2.50 bits per heavy atom. The highest BCUT2D eigenvalue weighted by atomic mass is 35.5. The molecular weight excluding hydrogens is 536 g/mol. The predicted molar refractivity (Wildman–Crippen MR) is 139 cm³/mol. The molecule has 3 aromatic rings. The van der Waals surface area contributed by atoms with Gasteiger partial charge in [-0.1, -0.05) is 47.7 Å². The van der Waals surface area contributed by atoms with E-state index in [1.807, 2.05) is 0 Å². The Morgan fingerprint density at radius 2 is 1.85 bits per heavy atom. The van der Waals surface area contributed by atoms with E-state index in [4.69, 9.17) is 23.8 Å². The molecule has 4 rings (SSSR count). The number of carbonyl (C=O) groups is 2. The van der Waals surface area contributed by atoms with E-state index in [0.717, 1.165) is 28.7 Å². The number of halogens is 1. The Balaban J connectivity index is 1.38. The van der Waals surface area contributed by atoms with Gasteiger partial charge >= 0.3 is 0 Å². The summed E-state index contributed by atoms with van der Waals surface area (Å²) in [6.07, 6.45) is 3.18. The standard InChI is InChI=1S/C21H15ClN4O4S4/c22-14-3-1-13(2-4-14)11-17-19(28)26(21(31)33-17)12-18(27)24-15-5-7-16(8-6-15)34(29,30)25-20-23-9-10-32-20/h1-11H,12H2,(H,23,25)(H,24,27)/b17-11-. The van der Waals surface area contributed by atoms with Gasteiger partial charge in [0.1, 0.15) is 10.9 Å². The molecule has 2 N–H and O–H groups in total. The fraction of sp³-hybridized carbons (Fsp3) is 0.0476. The zero-order chi connectivity index (χ0) is 24.3. The van der Waals surface area contributed by atoms with E-state index in [0.29, 0.717) is 15.6 Å². The van der Waals surface area contributed by atoms with Crippen molar-refractivity contribution >= 4 is 90.0 Å². The van der Waals surface area contributed by atoms with E-state index in [-0.39, 0.29) is 26.8 Å². The molecule has 0 aliphatic carbocycles. The van der Waals surface area contributed by atoms with E-state index >= 15 is 0 Å². The first kappa shape index (κ1) is 24.4. The number of carbonyl (C=O) groups excluding carboxylic acids is 2. The van der Waals surface area contributed by atoms with Crippen LogP contribution in [0, 0.1) is 0 Å². The van der Waals surface area contributed by atoms with Crippen LogP contribution in [0.15, 0.2) is 69.9 Å². The van der Waals surface area contributed by atoms with Gasteiger partial charge in [0.25, 0.3) is 15.9 Å². The van der Waals surface area contributed by atoms with Crippen LogP contribution in [0.2, 0.25) is 5.02 Å². The maximum absolute atomic E-state index is 12.7. The highest BCUT2D eigenvalue weighted by molar-refractivity contribution is 8.26. The minimum absolute atomic E-state index is 0.0185. The molecule has 1 fully saturated rings. The van der Waals surface area contributed by atoms with Crippen molar-refractivity contribution in [2.24, 2.45) is 0 Å². The van der Waals surface area contributed by atoms with E-state index in [1.54, 1.807) is 35.7 Å². The fourth-order valence-electron chi connectivity index (χ4n) is 2.86. The number of rotatable bonds is 7. The molecule has 2 amide bonds. The summed E-state index contributed by atoms with van der Waals surface area (Å²) in [5.74, 6) is -0.838. The summed E-state index contributed by atoms with van der Waals surface area (Å²) in [5, 5.41) is 5.14. The molecule has 2 aromatic carbocycles. The Morgan fingerprint density at radius 1 is 1.15 bits per heavy atom. The molecule has 0 unspecified atom stereocenters. The molecule has 1 saturated heterocycles. The molecule has 0 spiro atoms. The second kappa shape index (κ2) is 10.2. The molecule has 0 saturated carbocycles. The number of nitrogens with one attached hydrogen (secondary N) is 2. The highest BCUT2D eigenvalue weighted by Crippen LogP contribution is 2.32. The molecule has 0 radical (unpaired) electrons. The highest BCUT2D eigenvalue weighted by Gasteiger charge is 2.33. The van der Waals surface area contributed by atoms with Crippen LogP contribution in [0.5, 0.6) is 0 Å². The Kier molecular flexibility index (Phi) is 7.33. The van der Waals surface area contributed by atoms with Crippen molar-refractivity contribution in [2.45, 2.75) is 4.90 Å². The van der Waals surface area contributed by atoms with Crippen molar-refractivity contribution in [3.8, 4) is 0 Å². The number of hydrogen-bond acceptors (Lipinski definition) is 8. The molecule has 174 valence electrons. The normalized spacial score (nSPS) is 15.1. The molecule has 1 aromatic heterocycles. The van der Waals surface area contributed by atoms with Gasteiger partial charge in [-0.05, 0) is 48.0 Å². The van der Waals surface area contributed by atoms with Gasteiger partial charge in [0.2, 0.25) is 5.91 Å². The molecule has 0 atom stereocenters. The number of thioether (sulfide) groups is 1. The van der Waals surface area contributed by atoms with Crippen molar-refractivity contribution in [2.75, 3.05) is 16.6 Å². The van der Waals surface area contributed by atoms with Crippen LogP contribution in [-0.2, 0) is 19.6 Å². The number of aromatic nitrogens is 1. The van der Waals surface area contributed by atoms with Gasteiger partial charge in [-0.15, -0.1) is 11.3 Å². The van der Waals surface area contributed by atoms with Gasteiger partial charge in [0.15, 0.2) is 5.13 Å². The summed E-state index contributed by atoms with van der Waals surface area (Å²) in [5.41, 5.74) is 1.16. The second-order valence-corrected chi connectivity index (χ2v) is 11.5. The molecule has 8 nitrogen and oxygen atoms in total. The number of nitrogens with zero attached hydrogens (tertiary/aromatic N) is 2. The molecule has 0 bridgehead atoms. The summed E-state index contributed by atoms with van der Waals surface area (Å²) in [6, 6.07) is 12.6. The largest absolute Gasteiger partial charge is 0.325 e. The van der Waals surface area contributed by atoms with Crippen molar-refractivity contribution in [1.29, 1.82) is 0 Å². The maximum Gasteiger partial charge on any atom is 0.266 e. The van der Waals surface area contributed by atoms with E-state index in [1.165, 1.54) is 35.4 Å². The zero-order valence-electron chi connectivity index (χ0n) is 17.1. The zero-order valence-corrected chi connectivity index (χ0v) is 21.1. The summed E-state index contributed by atoms with van der Waals surface area (Å²) < 4.78 is 27.5. The first-order valence-corrected chi connectivity index (χ1v) is 13.5. The predicted octanol–water partition coefficient (Wildman–Crippen LogP) is 4.44. The number of anilines is 2. The first-order chi connectivity index (χ1) is 16.2. The third kappa shape index (κ3) is 5.83. The van der Waals surface area contributed by atoms with Crippen molar-refractivity contribution < 1.29 is 18.0 Å². The smallest absolute Gasteiger partial charge is 0.266 e. The Hall–Kier alpha value is -2.77. The van der Waals surface area contributed by atoms with Gasteiger partial charge in [-0.2, -0.15) is 0 Å². The summed E-state index contributed by atoms with van der Waals surface area (Å²) >= 11 is 13.4. The Bertz CT molecular complexity index is 1370. The molecule has 1 aliphatic heterocycles. The lowest BCUT2D eigenvalue weighted by atomic mass is 10.2. The lowest BCUT2D eigenvalue weighted by Crippen LogP contribution is -2.36. The van der Waals surface area contributed by atoms with Crippen LogP contribution in [0.25, 0.3) is 6.08 Å². The van der Waals surface area contributed by atoms with Gasteiger partial charge in [0, 0.05) is 22.3 Å². The number of thiazole rings is 1. The van der Waals surface area contributed by atoms with Crippen LogP contribution in [-0.4, -0.2) is 41.0 Å². The monoisotopic (exact) mass is 550 g/mol. The van der Waals surface area contributed by atoms with Gasteiger partial charge in [0.05, 0.1) is 9.80 Å². The quantitative estimate of drug-likeness (QED) is 0.331. The van der Waals surface area contributed by atoms with Gasteiger partial charge < -0.3 is 5.32 Å². The lowest BCUT2D eigenvalue weighted by molar-refractivity contribution is -0.126. The van der Waals surface area contributed by atoms with Crippen LogP contribution in [0.3, 0.4) is 0 Å². The maximum atomic E-state index is 12.7. The van der Waals surface area contributed by atoms with Crippen molar-refractivity contribution in [3.05, 3.63) is 75.6 Å². The molecule has 13 heteroatoms. The first-order valence-electron chi connectivity index (χ1n) is 9.54. The Labute approximate surface area is 214 Å². The van der Waals surface area contributed by atoms with Crippen LogP contribution in [0.4, 0.5) is 10.8 Å². The molecule has 1 aliphatic rings.